The first kappa shape index (κ1) is 13.6. The average molecular weight is 235 g/mol. The molecule has 1 aromatic rings. The van der Waals surface area contributed by atoms with Gasteiger partial charge in [0.15, 0.2) is 0 Å². The maximum atomic E-state index is 12.0. The molecule has 0 bridgehead atoms. The third kappa shape index (κ3) is 4.53. The van der Waals surface area contributed by atoms with Crippen LogP contribution in [0.3, 0.4) is 0 Å². The van der Waals surface area contributed by atoms with Crippen LogP contribution in [0.15, 0.2) is 24.5 Å². The highest BCUT2D eigenvalue weighted by Crippen LogP contribution is 2.08. The van der Waals surface area contributed by atoms with Crippen LogP contribution in [0.2, 0.25) is 0 Å². The summed E-state index contributed by atoms with van der Waals surface area (Å²) in [6, 6.07) is 3.87. The third-order valence-corrected chi connectivity index (χ3v) is 2.53. The number of nitrogens with two attached hydrogens (primary N) is 1. The van der Waals surface area contributed by atoms with Gasteiger partial charge in [0.05, 0.1) is 0 Å². The highest BCUT2D eigenvalue weighted by atomic mass is 16.2. The number of aromatic nitrogens is 1. The van der Waals surface area contributed by atoms with E-state index in [4.69, 9.17) is 5.73 Å². The van der Waals surface area contributed by atoms with Crippen molar-refractivity contribution in [2.24, 2.45) is 11.7 Å². The number of hydrogen-bond acceptors (Lipinski definition) is 3. The lowest BCUT2D eigenvalue weighted by Gasteiger charge is -2.24. The maximum absolute atomic E-state index is 12.0. The van der Waals surface area contributed by atoms with Gasteiger partial charge in [-0.25, -0.2) is 0 Å². The molecular formula is C13H21N3O. The minimum absolute atomic E-state index is 0.0180. The fourth-order valence-electron chi connectivity index (χ4n) is 1.63. The number of carbonyl (C=O) groups excluding carboxylic acids is 1. The van der Waals surface area contributed by atoms with Crippen molar-refractivity contribution in [2.45, 2.75) is 26.8 Å². The standard InChI is InChI=1S/C13H21N3O/c1-11(2)13(17)16(8-4-6-14)10-12-5-3-7-15-9-12/h3,5,7,9,11H,4,6,8,10,14H2,1-2H3. The zero-order valence-corrected chi connectivity index (χ0v) is 10.6. The molecule has 0 atom stereocenters. The van der Waals surface area contributed by atoms with Crippen LogP contribution in [-0.2, 0) is 11.3 Å². The highest BCUT2D eigenvalue weighted by Gasteiger charge is 2.16. The molecule has 0 saturated heterocycles. The molecule has 0 aromatic carbocycles. The second kappa shape index (κ2) is 7.01. The van der Waals surface area contributed by atoms with Gasteiger partial charge in [0.25, 0.3) is 0 Å². The second-order valence-electron chi connectivity index (χ2n) is 4.42. The number of hydrogen-bond donors (Lipinski definition) is 1. The molecular weight excluding hydrogens is 214 g/mol. The Morgan fingerprint density at radius 3 is 2.82 bits per heavy atom. The first-order valence-electron chi connectivity index (χ1n) is 6.03. The van der Waals surface area contributed by atoms with Gasteiger partial charge >= 0.3 is 0 Å². The van der Waals surface area contributed by atoms with Crippen molar-refractivity contribution < 1.29 is 4.79 Å². The monoisotopic (exact) mass is 235 g/mol. The van der Waals surface area contributed by atoms with E-state index in [9.17, 15) is 4.79 Å². The van der Waals surface area contributed by atoms with Gasteiger partial charge in [-0.05, 0) is 24.6 Å². The molecule has 0 fully saturated rings. The van der Waals surface area contributed by atoms with Crippen LogP contribution in [0.1, 0.15) is 25.8 Å². The van der Waals surface area contributed by atoms with Gasteiger partial charge in [0.1, 0.15) is 0 Å². The highest BCUT2D eigenvalue weighted by molar-refractivity contribution is 5.78. The lowest BCUT2D eigenvalue weighted by molar-refractivity contribution is -0.135. The Morgan fingerprint density at radius 2 is 2.29 bits per heavy atom. The quantitative estimate of drug-likeness (QED) is 0.811. The summed E-state index contributed by atoms with van der Waals surface area (Å²) in [6.45, 7) is 5.77. The van der Waals surface area contributed by atoms with E-state index >= 15 is 0 Å². The average Bonchev–Trinajstić information content (AvgIpc) is 2.34. The molecule has 1 heterocycles. The molecule has 1 aromatic heterocycles. The van der Waals surface area contributed by atoms with E-state index in [1.54, 1.807) is 12.4 Å². The minimum atomic E-state index is 0.0180. The Balaban J connectivity index is 2.66. The molecule has 0 aliphatic heterocycles. The SMILES string of the molecule is CC(C)C(=O)N(CCCN)Cc1cccnc1. The predicted octanol–water partition coefficient (Wildman–Crippen LogP) is 1.41. The van der Waals surface area contributed by atoms with Gasteiger partial charge in [-0.15, -0.1) is 0 Å². The van der Waals surface area contributed by atoms with Crippen LogP contribution < -0.4 is 5.73 Å². The van der Waals surface area contributed by atoms with E-state index in [0.717, 1.165) is 12.0 Å². The Morgan fingerprint density at radius 1 is 1.53 bits per heavy atom. The number of carbonyl (C=O) groups is 1. The van der Waals surface area contributed by atoms with Crippen molar-refractivity contribution >= 4 is 5.91 Å². The van der Waals surface area contributed by atoms with Crippen LogP contribution in [0, 0.1) is 5.92 Å². The zero-order valence-electron chi connectivity index (χ0n) is 10.6. The van der Waals surface area contributed by atoms with E-state index in [2.05, 4.69) is 4.98 Å². The van der Waals surface area contributed by atoms with E-state index in [1.165, 1.54) is 0 Å². The lowest BCUT2D eigenvalue weighted by Crippen LogP contribution is -2.35. The van der Waals surface area contributed by atoms with Crippen molar-refractivity contribution in [3.05, 3.63) is 30.1 Å². The van der Waals surface area contributed by atoms with Crippen molar-refractivity contribution in [2.75, 3.05) is 13.1 Å². The first-order chi connectivity index (χ1) is 8.15. The Kier molecular flexibility index (Phi) is 5.63. The van der Waals surface area contributed by atoms with Crippen molar-refractivity contribution in [3.8, 4) is 0 Å². The molecule has 0 aliphatic carbocycles. The summed E-state index contributed by atoms with van der Waals surface area (Å²) in [6.07, 6.45) is 4.36. The van der Waals surface area contributed by atoms with Crippen molar-refractivity contribution in [1.29, 1.82) is 0 Å². The Hall–Kier alpha value is -1.42. The molecule has 0 saturated carbocycles. The molecule has 1 amide bonds. The largest absolute Gasteiger partial charge is 0.338 e. The minimum Gasteiger partial charge on any atom is -0.338 e. The Labute approximate surface area is 103 Å². The topological polar surface area (TPSA) is 59.2 Å². The number of rotatable bonds is 6. The van der Waals surface area contributed by atoms with Gasteiger partial charge in [-0.3, -0.25) is 9.78 Å². The van der Waals surface area contributed by atoms with Gasteiger partial charge < -0.3 is 10.6 Å². The number of pyridine rings is 1. The summed E-state index contributed by atoms with van der Waals surface area (Å²) >= 11 is 0. The molecule has 0 spiro atoms. The van der Waals surface area contributed by atoms with E-state index < -0.39 is 0 Å². The predicted molar refractivity (Wildman–Crippen MR) is 68.2 cm³/mol. The van der Waals surface area contributed by atoms with E-state index in [0.29, 0.717) is 19.6 Å². The zero-order chi connectivity index (χ0) is 12.7. The third-order valence-electron chi connectivity index (χ3n) is 2.53. The Bertz CT molecular complexity index is 338. The molecule has 0 aliphatic rings. The summed E-state index contributed by atoms with van der Waals surface area (Å²) in [4.78, 5) is 17.9. The van der Waals surface area contributed by atoms with Crippen LogP contribution in [-0.4, -0.2) is 28.9 Å². The summed E-state index contributed by atoms with van der Waals surface area (Å²) < 4.78 is 0. The fraction of sp³-hybridized carbons (Fsp3) is 0.538. The van der Waals surface area contributed by atoms with Crippen LogP contribution in [0.4, 0.5) is 0 Å². The lowest BCUT2D eigenvalue weighted by atomic mass is 10.1. The fourth-order valence-corrected chi connectivity index (χ4v) is 1.63. The van der Waals surface area contributed by atoms with E-state index in [-0.39, 0.29) is 11.8 Å². The summed E-state index contributed by atoms with van der Waals surface area (Å²) in [5.41, 5.74) is 6.55. The second-order valence-corrected chi connectivity index (χ2v) is 4.42. The molecule has 1 rings (SSSR count). The molecule has 4 heteroatoms. The van der Waals surface area contributed by atoms with Crippen molar-refractivity contribution in [3.63, 3.8) is 0 Å². The number of nitrogens with zero attached hydrogens (tertiary/aromatic N) is 2. The molecule has 17 heavy (non-hydrogen) atoms. The first-order valence-corrected chi connectivity index (χ1v) is 6.03. The van der Waals surface area contributed by atoms with Gasteiger partial charge in [0.2, 0.25) is 5.91 Å². The van der Waals surface area contributed by atoms with Gasteiger partial charge in [0, 0.05) is 31.4 Å². The van der Waals surface area contributed by atoms with Crippen LogP contribution in [0.25, 0.3) is 0 Å². The maximum Gasteiger partial charge on any atom is 0.225 e. The number of amides is 1. The summed E-state index contributed by atoms with van der Waals surface area (Å²) in [5.74, 6) is 0.187. The van der Waals surface area contributed by atoms with E-state index in [1.807, 2.05) is 30.9 Å². The molecule has 4 nitrogen and oxygen atoms in total. The normalized spacial score (nSPS) is 10.6. The van der Waals surface area contributed by atoms with Crippen LogP contribution in [0.5, 0.6) is 0 Å². The van der Waals surface area contributed by atoms with Gasteiger partial charge in [-0.1, -0.05) is 19.9 Å². The smallest absolute Gasteiger partial charge is 0.225 e. The summed E-state index contributed by atoms with van der Waals surface area (Å²) in [7, 11) is 0. The van der Waals surface area contributed by atoms with Gasteiger partial charge in [-0.2, -0.15) is 0 Å². The molecule has 0 unspecified atom stereocenters. The molecule has 94 valence electrons. The molecule has 0 radical (unpaired) electrons. The van der Waals surface area contributed by atoms with Crippen LogP contribution >= 0.6 is 0 Å². The van der Waals surface area contributed by atoms with Crippen molar-refractivity contribution in [1.82, 2.24) is 9.88 Å². The summed E-state index contributed by atoms with van der Waals surface area (Å²) in [5, 5.41) is 0. The molecule has 2 N–H and O–H groups in total.